The first-order chi connectivity index (χ1) is 11.7. The second-order valence-electron chi connectivity index (χ2n) is 5.02. The number of carbonyl (C=O) groups excluding carboxylic acids is 2. The summed E-state index contributed by atoms with van der Waals surface area (Å²) in [6, 6.07) is 6.45. The summed E-state index contributed by atoms with van der Waals surface area (Å²) < 4.78 is 42.3. The molecule has 0 unspecified atom stereocenters. The Morgan fingerprint density at radius 2 is 1.80 bits per heavy atom. The van der Waals surface area contributed by atoms with Crippen LogP contribution in [0.5, 0.6) is 0 Å². The van der Waals surface area contributed by atoms with E-state index in [4.69, 9.17) is 4.74 Å². The van der Waals surface area contributed by atoms with Gasteiger partial charge in [0.1, 0.15) is 5.56 Å². The number of nitrogens with one attached hydrogen (secondary N) is 2. The summed E-state index contributed by atoms with van der Waals surface area (Å²) in [5.74, 6) is -1.74. The fourth-order valence-electron chi connectivity index (χ4n) is 1.85. The SMILES string of the molecule is C[C@H](OC(=O)c1ccc[nH]c1=O)C(=O)Nc1ccc(C(F)(F)F)cc1. The van der Waals surface area contributed by atoms with E-state index in [0.29, 0.717) is 0 Å². The van der Waals surface area contributed by atoms with E-state index in [0.717, 1.165) is 24.3 Å². The molecule has 6 nitrogen and oxygen atoms in total. The molecule has 2 N–H and O–H groups in total. The maximum atomic E-state index is 12.5. The molecule has 0 aliphatic rings. The molecule has 25 heavy (non-hydrogen) atoms. The van der Waals surface area contributed by atoms with E-state index < -0.39 is 35.3 Å². The fourth-order valence-corrected chi connectivity index (χ4v) is 1.85. The molecule has 0 saturated heterocycles. The average Bonchev–Trinajstić information content (AvgIpc) is 2.54. The lowest BCUT2D eigenvalue weighted by atomic mass is 10.2. The molecule has 0 aliphatic carbocycles. The van der Waals surface area contributed by atoms with Crippen molar-refractivity contribution < 1.29 is 27.5 Å². The largest absolute Gasteiger partial charge is 0.449 e. The first kappa shape index (κ1) is 18.2. The Morgan fingerprint density at radius 3 is 2.36 bits per heavy atom. The van der Waals surface area contributed by atoms with Crippen LogP contribution in [0.25, 0.3) is 0 Å². The summed E-state index contributed by atoms with van der Waals surface area (Å²) >= 11 is 0. The predicted molar refractivity (Wildman–Crippen MR) is 82.0 cm³/mol. The Kier molecular flexibility index (Phi) is 5.26. The third-order valence-corrected chi connectivity index (χ3v) is 3.17. The minimum Gasteiger partial charge on any atom is -0.449 e. The number of carbonyl (C=O) groups is 2. The van der Waals surface area contributed by atoms with Crippen LogP contribution in [-0.4, -0.2) is 23.0 Å². The highest BCUT2D eigenvalue weighted by Crippen LogP contribution is 2.29. The Labute approximate surface area is 139 Å². The number of pyridine rings is 1. The number of anilines is 1. The zero-order valence-electron chi connectivity index (χ0n) is 12.9. The number of ether oxygens (including phenoxy) is 1. The van der Waals surface area contributed by atoms with Crippen molar-refractivity contribution in [2.24, 2.45) is 0 Å². The quantitative estimate of drug-likeness (QED) is 0.826. The van der Waals surface area contributed by atoms with E-state index in [-0.39, 0.29) is 11.3 Å². The number of H-pyrrole nitrogens is 1. The number of amides is 1. The van der Waals surface area contributed by atoms with Gasteiger partial charge in [0, 0.05) is 11.9 Å². The number of hydrogen-bond donors (Lipinski definition) is 2. The van der Waals surface area contributed by atoms with Gasteiger partial charge < -0.3 is 15.0 Å². The van der Waals surface area contributed by atoms with Gasteiger partial charge in [0.15, 0.2) is 6.10 Å². The highest BCUT2D eigenvalue weighted by Gasteiger charge is 2.30. The zero-order chi connectivity index (χ0) is 18.6. The van der Waals surface area contributed by atoms with E-state index in [2.05, 4.69) is 10.3 Å². The Bertz CT molecular complexity index is 828. The van der Waals surface area contributed by atoms with E-state index in [1.165, 1.54) is 25.3 Å². The molecule has 2 rings (SSSR count). The van der Waals surface area contributed by atoms with Gasteiger partial charge in [-0.1, -0.05) is 0 Å². The Hall–Kier alpha value is -3.10. The van der Waals surface area contributed by atoms with Gasteiger partial charge in [0.05, 0.1) is 5.56 Å². The highest BCUT2D eigenvalue weighted by atomic mass is 19.4. The van der Waals surface area contributed by atoms with Gasteiger partial charge in [-0.05, 0) is 43.3 Å². The lowest BCUT2D eigenvalue weighted by Gasteiger charge is -2.14. The molecule has 0 spiro atoms. The molecule has 0 aliphatic heterocycles. The molecular formula is C16H13F3N2O4. The lowest BCUT2D eigenvalue weighted by molar-refractivity contribution is -0.137. The van der Waals surface area contributed by atoms with Gasteiger partial charge >= 0.3 is 12.1 Å². The van der Waals surface area contributed by atoms with E-state index in [1.807, 2.05) is 0 Å². The van der Waals surface area contributed by atoms with Crippen molar-refractivity contribution in [1.29, 1.82) is 0 Å². The topological polar surface area (TPSA) is 88.3 Å². The van der Waals surface area contributed by atoms with Crippen LogP contribution in [0.3, 0.4) is 0 Å². The standard InChI is InChI=1S/C16H13F3N2O4/c1-9(25-15(24)12-3-2-8-20-14(12)23)13(22)21-11-6-4-10(5-7-11)16(17,18)19/h2-9H,1H3,(H,20,23)(H,21,22)/t9-/m0/s1. The van der Waals surface area contributed by atoms with Crippen LogP contribution in [0.2, 0.25) is 0 Å². The third-order valence-electron chi connectivity index (χ3n) is 3.17. The molecule has 1 atom stereocenters. The molecular weight excluding hydrogens is 341 g/mol. The molecule has 1 aromatic heterocycles. The number of aromatic amines is 1. The van der Waals surface area contributed by atoms with Gasteiger partial charge in [0.25, 0.3) is 11.5 Å². The minimum atomic E-state index is -4.48. The van der Waals surface area contributed by atoms with Crippen molar-refractivity contribution in [1.82, 2.24) is 4.98 Å². The first-order valence-corrected chi connectivity index (χ1v) is 7.05. The molecule has 0 fully saturated rings. The summed E-state index contributed by atoms with van der Waals surface area (Å²) in [6.45, 7) is 1.27. The second kappa shape index (κ2) is 7.20. The Balaban J connectivity index is 2.00. The molecule has 1 heterocycles. The van der Waals surface area contributed by atoms with Crippen molar-refractivity contribution in [2.75, 3.05) is 5.32 Å². The molecule has 0 saturated carbocycles. The average molecular weight is 354 g/mol. The van der Waals surface area contributed by atoms with Crippen LogP contribution < -0.4 is 10.9 Å². The van der Waals surface area contributed by atoms with Gasteiger partial charge in [-0.2, -0.15) is 13.2 Å². The van der Waals surface area contributed by atoms with Crippen molar-refractivity contribution in [2.45, 2.75) is 19.2 Å². The number of rotatable bonds is 4. The number of alkyl halides is 3. The number of esters is 1. The minimum absolute atomic E-state index is 0.110. The summed E-state index contributed by atoms with van der Waals surface area (Å²) in [5, 5.41) is 2.32. The van der Waals surface area contributed by atoms with Crippen molar-refractivity contribution in [3.8, 4) is 0 Å². The maximum Gasteiger partial charge on any atom is 0.416 e. The smallest absolute Gasteiger partial charge is 0.416 e. The number of aromatic nitrogens is 1. The summed E-state index contributed by atoms with van der Waals surface area (Å²) in [4.78, 5) is 37.5. The zero-order valence-corrected chi connectivity index (χ0v) is 12.9. The number of benzene rings is 1. The molecule has 2 aromatic rings. The van der Waals surface area contributed by atoms with Crippen molar-refractivity contribution in [3.63, 3.8) is 0 Å². The number of halogens is 3. The molecule has 0 bridgehead atoms. The second-order valence-corrected chi connectivity index (χ2v) is 5.02. The lowest BCUT2D eigenvalue weighted by Crippen LogP contribution is -2.31. The fraction of sp³-hybridized carbons (Fsp3) is 0.188. The van der Waals surface area contributed by atoms with Gasteiger partial charge in [-0.3, -0.25) is 9.59 Å². The molecule has 1 amide bonds. The summed E-state index contributed by atoms with van der Waals surface area (Å²) in [7, 11) is 0. The van der Waals surface area contributed by atoms with E-state index in [9.17, 15) is 27.6 Å². The molecule has 1 aromatic carbocycles. The number of hydrogen-bond acceptors (Lipinski definition) is 4. The monoisotopic (exact) mass is 354 g/mol. The van der Waals surface area contributed by atoms with Crippen LogP contribution in [-0.2, 0) is 15.7 Å². The summed E-state index contributed by atoms with van der Waals surface area (Å²) in [6.07, 6.45) is -4.40. The first-order valence-electron chi connectivity index (χ1n) is 7.05. The Morgan fingerprint density at radius 1 is 1.16 bits per heavy atom. The maximum absolute atomic E-state index is 12.5. The van der Waals surface area contributed by atoms with Crippen LogP contribution >= 0.6 is 0 Å². The van der Waals surface area contributed by atoms with Crippen molar-refractivity contribution in [3.05, 3.63) is 64.1 Å². The van der Waals surface area contributed by atoms with E-state index >= 15 is 0 Å². The third kappa shape index (κ3) is 4.69. The van der Waals surface area contributed by atoms with E-state index in [1.54, 1.807) is 0 Å². The normalized spacial score (nSPS) is 12.3. The van der Waals surface area contributed by atoms with Gasteiger partial charge in [-0.15, -0.1) is 0 Å². The van der Waals surface area contributed by atoms with Crippen LogP contribution in [0, 0.1) is 0 Å². The molecule has 132 valence electrons. The molecule has 9 heteroatoms. The summed E-state index contributed by atoms with van der Waals surface area (Å²) in [5.41, 5.74) is -1.67. The van der Waals surface area contributed by atoms with Crippen molar-refractivity contribution >= 4 is 17.6 Å². The van der Waals surface area contributed by atoms with Crippen LogP contribution in [0.1, 0.15) is 22.8 Å². The van der Waals surface area contributed by atoms with Gasteiger partial charge in [0.2, 0.25) is 0 Å². The highest BCUT2D eigenvalue weighted by molar-refractivity contribution is 5.97. The van der Waals surface area contributed by atoms with Gasteiger partial charge in [-0.25, -0.2) is 4.79 Å². The predicted octanol–water partition coefficient (Wildman–Crippen LogP) is 2.58. The van der Waals surface area contributed by atoms with Crippen LogP contribution in [0.15, 0.2) is 47.4 Å². The van der Waals surface area contributed by atoms with Crippen LogP contribution in [0.4, 0.5) is 18.9 Å². The molecule has 0 radical (unpaired) electrons.